The second kappa shape index (κ2) is 12.8. The lowest BCUT2D eigenvalue weighted by Crippen LogP contribution is -2.57. The Morgan fingerprint density at radius 1 is 1.20 bits per heavy atom. The minimum atomic E-state index is -1.10. The Morgan fingerprint density at radius 2 is 1.96 bits per heavy atom. The molecule has 2 aromatic carbocycles. The van der Waals surface area contributed by atoms with Crippen LogP contribution in [0.2, 0.25) is 0 Å². The summed E-state index contributed by atoms with van der Waals surface area (Å²) in [5, 5.41) is 2.40. The molecule has 2 aliphatic heterocycles. The minimum Gasteiger partial charge on any atom is -0.462 e. The predicted molar refractivity (Wildman–Crippen MR) is 176 cm³/mol. The first kappa shape index (κ1) is 31.7. The van der Waals surface area contributed by atoms with Crippen LogP contribution in [0.5, 0.6) is 6.01 Å². The number of anilines is 2. The highest BCUT2D eigenvalue weighted by atomic mass is 19.1. The molecule has 11 heteroatoms. The number of hydrogen-bond donors (Lipinski definition) is 0. The number of hydrogen-bond acceptors (Lipinski definition) is 7. The number of benzene rings is 2. The number of aryl methyl sites for hydroxylation is 1. The lowest BCUT2D eigenvalue weighted by molar-refractivity contribution is -0.131. The summed E-state index contributed by atoms with van der Waals surface area (Å²) in [4.78, 5) is 33.7. The molecule has 1 saturated heterocycles. The van der Waals surface area contributed by atoms with Crippen LogP contribution >= 0.6 is 0 Å². The van der Waals surface area contributed by atoms with Crippen molar-refractivity contribution >= 4 is 28.2 Å². The molecule has 242 valence electrons. The van der Waals surface area contributed by atoms with Gasteiger partial charge in [-0.3, -0.25) is 9.69 Å². The molecule has 3 aliphatic rings. The van der Waals surface area contributed by atoms with Crippen molar-refractivity contribution < 1.29 is 18.3 Å². The van der Waals surface area contributed by atoms with Gasteiger partial charge in [-0.25, -0.2) is 15.4 Å². The van der Waals surface area contributed by atoms with Crippen LogP contribution in [0.15, 0.2) is 48.8 Å². The molecule has 1 saturated carbocycles. The van der Waals surface area contributed by atoms with E-state index in [4.69, 9.17) is 21.3 Å². The summed E-state index contributed by atoms with van der Waals surface area (Å²) in [7, 11) is 1.90. The average molecular weight is 630 g/mol. The summed E-state index contributed by atoms with van der Waals surface area (Å²) in [6, 6.07) is 12.4. The monoisotopic (exact) mass is 629 g/mol. The molecular formula is C35H41F2N7O2. The molecule has 2 fully saturated rings. The summed E-state index contributed by atoms with van der Waals surface area (Å²) in [6.45, 7) is 17.8. The lowest BCUT2D eigenvalue weighted by atomic mass is 9.99. The quantitative estimate of drug-likeness (QED) is 0.228. The van der Waals surface area contributed by atoms with Gasteiger partial charge < -0.3 is 24.3 Å². The van der Waals surface area contributed by atoms with Crippen LogP contribution in [0, 0.1) is 13.5 Å². The molecule has 0 N–H and O–H groups in total. The van der Waals surface area contributed by atoms with Crippen molar-refractivity contribution in [3.8, 4) is 6.01 Å². The zero-order chi connectivity index (χ0) is 32.6. The Morgan fingerprint density at radius 3 is 2.67 bits per heavy atom. The number of halogens is 2. The van der Waals surface area contributed by atoms with Gasteiger partial charge in [-0.05, 0) is 57.2 Å². The Hall–Kier alpha value is -4.30. The molecule has 0 unspecified atom stereocenters. The van der Waals surface area contributed by atoms with E-state index >= 15 is 0 Å². The predicted octanol–water partition coefficient (Wildman–Crippen LogP) is 5.12. The number of nitrogens with zero attached hydrogens (tertiary/aromatic N) is 7. The van der Waals surface area contributed by atoms with E-state index in [1.54, 1.807) is 0 Å². The van der Waals surface area contributed by atoms with E-state index < -0.39 is 23.4 Å². The van der Waals surface area contributed by atoms with Crippen LogP contribution in [-0.2, 0) is 17.8 Å². The van der Waals surface area contributed by atoms with Crippen molar-refractivity contribution in [2.45, 2.75) is 57.4 Å². The van der Waals surface area contributed by atoms with Crippen molar-refractivity contribution in [3.63, 3.8) is 0 Å². The van der Waals surface area contributed by atoms with E-state index in [9.17, 15) is 13.6 Å². The van der Waals surface area contributed by atoms with Crippen LogP contribution in [-0.4, -0.2) is 96.4 Å². The van der Waals surface area contributed by atoms with E-state index in [1.807, 2.05) is 18.9 Å². The van der Waals surface area contributed by atoms with Crippen LogP contribution in [0.25, 0.3) is 15.6 Å². The van der Waals surface area contributed by atoms with Crippen LogP contribution < -0.4 is 14.5 Å². The van der Waals surface area contributed by atoms with Crippen molar-refractivity contribution in [2.24, 2.45) is 0 Å². The van der Waals surface area contributed by atoms with Gasteiger partial charge in [0.1, 0.15) is 24.1 Å². The van der Waals surface area contributed by atoms with Gasteiger partial charge in [0, 0.05) is 55.4 Å². The highest BCUT2D eigenvalue weighted by Gasteiger charge is 2.44. The van der Waals surface area contributed by atoms with Crippen LogP contribution in [0.4, 0.5) is 20.3 Å². The Balaban J connectivity index is 1.31. The number of fused-ring (bicyclic) bond motifs is 2. The van der Waals surface area contributed by atoms with E-state index in [-0.39, 0.29) is 31.7 Å². The van der Waals surface area contributed by atoms with Crippen molar-refractivity contribution in [3.05, 3.63) is 77.0 Å². The molecule has 9 nitrogen and oxygen atoms in total. The lowest BCUT2D eigenvalue weighted by Gasteiger charge is -2.41. The van der Waals surface area contributed by atoms with E-state index in [1.165, 1.54) is 21.2 Å². The molecular weight excluding hydrogens is 588 g/mol. The SMILES string of the molecule is [C-]#[N+]C[C@H]1CN(c2nc(OC[C@H](C)N(C)CC3(F)CC3)nc3c2CCN(c2cccc4cccc(C)c24)C3)CCN1C(=O)C(=C)F. The van der Waals surface area contributed by atoms with Gasteiger partial charge in [0.25, 0.3) is 5.91 Å². The summed E-state index contributed by atoms with van der Waals surface area (Å²) in [5.74, 6) is -1.08. The fourth-order valence-corrected chi connectivity index (χ4v) is 6.64. The van der Waals surface area contributed by atoms with Crippen molar-refractivity contribution in [1.29, 1.82) is 0 Å². The zero-order valence-electron chi connectivity index (χ0n) is 26.8. The molecule has 1 amide bonds. The Kier molecular flexibility index (Phi) is 8.84. The van der Waals surface area contributed by atoms with E-state index in [0.29, 0.717) is 45.4 Å². The largest absolute Gasteiger partial charge is 0.462 e. The summed E-state index contributed by atoms with van der Waals surface area (Å²) in [6.07, 6.45) is 1.89. The molecule has 3 heterocycles. The maximum Gasteiger partial charge on any atom is 0.318 e. The van der Waals surface area contributed by atoms with Gasteiger partial charge >= 0.3 is 6.01 Å². The maximum absolute atomic E-state index is 14.4. The number of amides is 1. The Bertz CT molecular complexity index is 1680. The first-order valence-electron chi connectivity index (χ1n) is 16.0. The van der Waals surface area contributed by atoms with Gasteiger partial charge in [0.2, 0.25) is 6.54 Å². The van der Waals surface area contributed by atoms with Crippen LogP contribution in [0.3, 0.4) is 0 Å². The number of carbonyl (C=O) groups is 1. The molecule has 6 rings (SSSR count). The molecule has 46 heavy (non-hydrogen) atoms. The highest BCUT2D eigenvalue weighted by Crippen LogP contribution is 2.40. The molecule has 3 aromatic rings. The number of likely N-dealkylation sites (N-methyl/N-ethyl adjacent to an activating group) is 1. The van der Waals surface area contributed by atoms with Gasteiger partial charge in [-0.2, -0.15) is 9.97 Å². The maximum atomic E-state index is 14.4. The summed E-state index contributed by atoms with van der Waals surface area (Å²) >= 11 is 0. The fraction of sp³-hybridized carbons (Fsp3) is 0.486. The first-order chi connectivity index (χ1) is 22.1. The van der Waals surface area contributed by atoms with Gasteiger partial charge in [-0.1, -0.05) is 36.9 Å². The fourth-order valence-electron chi connectivity index (χ4n) is 6.64. The van der Waals surface area contributed by atoms with Gasteiger partial charge in [0.15, 0.2) is 5.83 Å². The molecule has 0 bridgehead atoms. The van der Waals surface area contributed by atoms with Crippen molar-refractivity contribution in [2.75, 3.05) is 62.7 Å². The van der Waals surface area contributed by atoms with Gasteiger partial charge in [0.05, 0.1) is 12.2 Å². The third kappa shape index (κ3) is 6.49. The minimum absolute atomic E-state index is 0.0419. The average Bonchev–Trinajstić information content (AvgIpc) is 3.78. The van der Waals surface area contributed by atoms with E-state index in [0.717, 1.165) is 29.3 Å². The topological polar surface area (TPSA) is 69.4 Å². The third-order valence-corrected chi connectivity index (χ3v) is 9.56. The zero-order valence-corrected chi connectivity index (χ0v) is 26.8. The molecule has 0 radical (unpaired) electrons. The normalized spacial score (nSPS) is 19.5. The number of carbonyl (C=O) groups excluding carboxylic acids is 1. The molecule has 1 aliphatic carbocycles. The number of aromatic nitrogens is 2. The Labute approximate surface area is 269 Å². The number of rotatable bonds is 10. The molecule has 0 spiro atoms. The molecule has 2 atom stereocenters. The second-order valence-corrected chi connectivity index (χ2v) is 12.9. The molecule has 1 aromatic heterocycles. The number of ether oxygens (including phenoxy) is 1. The number of piperazine rings is 1. The smallest absolute Gasteiger partial charge is 0.318 e. The standard InChI is InChI=1S/C35H41F2N7O2/c1-23-8-6-9-26-10-7-11-30(31(23)26)42-15-12-28-29(20-42)39-34(46-21-24(2)41(5)22-35(37)13-14-35)40-32(28)43-16-17-44(33(45)25(3)36)27(19-43)18-38-4/h6-11,24,27H,3,12-22H2,1-2,5H3/t24-,27-/m0/s1. The van der Waals surface area contributed by atoms with Crippen molar-refractivity contribution in [1.82, 2.24) is 19.8 Å². The third-order valence-electron chi connectivity index (χ3n) is 9.56. The summed E-state index contributed by atoms with van der Waals surface area (Å²) < 4.78 is 34.5. The summed E-state index contributed by atoms with van der Waals surface area (Å²) in [5.41, 5.74) is 3.13. The van der Waals surface area contributed by atoms with Crippen LogP contribution in [0.1, 0.15) is 36.6 Å². The highest BCUT2D eigenvalue weighted by molar-refractivity contribution is 5.97. The van der Waals surface area contributed by atoms with E-state index in [2.05, 4.69) is 64.5 Å². The second-order valence-electron chi connectivity index (χ2n) is 12.9. The first-order valence-corrected chi connectivity index (χ1v) is 16.0. The van der Waals surface area contributed by atoms with Gasteiger partial charge in [-0.15, -0.1) is 0 Å². The number of alkyl halides is 1.